The SMILES string of the molecule is CC(C)(CN)NS(=O)(=O)c1ccc2nc(C(C)(C)C)sc2c1. The highest BCUT2D eigenvalue weighted by Gasteiger charge is 2.26. The molecule has 7 heteroatoms. The highest BCUT2D eigenvalue weighted by atomic mass is 32.2. The van der Waals surface area contributed by atoms with Gasteiger partial charge in [0.15, 0.2) is 0 Å². The third-order valence-electron chi connectivity index (χ3n) is 3.23. The fraction of sp³-hybridized carbons (Fsp3) is 0.533. The summed E-state index contributed by atoms with van der Waals surface area (Å²) in [4.78, 5) is 4.82. The van der Waals surface area contributed by atoms with E-state index in [4.69, 9.17) is 5.73 Å². The molecule has 0 aliphatic carbocycles. The third-order valence-corrected chi connectivity index (χ3v) is 6.37. The van der Waals surface area contributed by atoms with Crippen molar-refractivity contribution in [1.29, 1.82) is 0 Å². The van der Waals surface area contributed by atoms with Crippen molar-refractivity contribution in [2.75, 3.05) is 6.54 Å². The summed E-state index contributed by atoms with van der Waals surface area (Å²) in [5, 5.41) is 0.993. The summed E-state index contributed by atoms with van der Waals surface area (Å²) >= 11 is 1.53. The van der Waals surface area contributed by atoms with Crippen LogP contribution >= 0.6 is 11.3 Å². The first-order chi connectivity index (χ1) is 9.94. The molecule has 0 spiro atoms. The fourth-order valence-corrected chi connectivity index (χ4v) is 4.44. The zero-order valence-electron chi connectivity index (χ0n) is 13.6. The number of nitrogens with one attached hydrogen (secondary N) is 1. The number of nitrogens with zero attached hydrogens (tertiary/aromatic N) is 1. The number of benzene rings is 1. The molecule has 22 heavy (non-hydrogen) atoms. The van der Waals surface area contributed by atoms with E-state index in [1.165, 1.54) is 11.3 Å². The quantitative estimate of drug-likeness (QED) is 0.895. The van der Waals surface area contributed by atoms with Gasteiger partial charge in [-0.15, -0.1) is 11.3 Å². The van der Waals surface area contributed by atoms with E-state index in [0.717, 1.165) is 15.2 Å². The summed E-state index contributed by atoms with van der Waals surface area (Å²) in [6.07, 6.45) is 0. The Labute approximate surface area is 136 Å². The smallest absolute Gasteiger partial charge is 0.241 e. The lowest BCUT2D eigenvalue weighted by molar-refractivity contribution is 0.462. The molecule has 0 atom stereocenters. The first-order valence-corrected chi connectivity index (χ1v) is 9.40. The minimum Gasteiger partial charge on any atom is -0.329 e. The largest absolute Gasteiger partial charge is 0.329 e. The predicted molar refractivity (Wildman–Crippen MR) is 91.8 cm³/mol. The van der Waals surface area contributed by atoms with Crippen LogP contribution < -0.4 is 10.5 Å². The maximum Gasteiger partial charge on any atom is 0.241 e. The van der Waals surface area contributed by atoms with Gasteiger partial charge >= 0.3 is 0 Å². The predicted octanol–water partition coefficient (Wildman–Crippen LogP) is 2.61. The lowest BCUT2D eigenvalue weighted by atomic mass is 9.98. The zero-order valence-corrected chi connectivity index (χ0v) is 15.2. The van der Waals surface area contributed by atoms with Gasteiger partial charge in [-0.3, -0.25) is 0 Å². The van der Waals surface area contributed by atoms with Crippen LogP contribution in [-0.2, 0) is 15.4 Å². The first kappa shape index (κ1) is 17.3. The number of sulfonamides is 1. The Balaban J connectivity index is 2.45. The van der Waals surface area contributed by atoms with E-state index in [0.29, 0.717) is 0 Å². The van der Waals surface area contributed by atoms with Crippen molar-refractivity contribution in [3.05, 3.63) is 23.2 Å². The van der Waals surface area contributed by atoms with Gasteiger partial charge in [-0.25, -0.2) is 18.1 Å². The standard InChI is InChI=1S/C15H23N3O2S2/c1-14(2,3)13-17-11-7-6-10(8-12(11)21-13)22(19,20)18-15(4,5)9-16/h6-8,18H,9,16H2,1-5H3. The molecule has 5 nitrogen and oxygen atoms in total. The fourth-order valence-electron chi connectivity index (χ4n) is 1.86. The van der Waals surface area contributed by atoms with Gasteiger partial charge in [0.25, 0.3) is 0 Å². The molecule has 0 aliphatic heterocycles. The number of rotatable bonds is 4. The monoisotopic (exact) mass is 341 g/mol. The normalized spacial score (nSPS) is 13.7. The highest BCUT2D eigenvalue weighted by Crippen LogP contribution is 2.32. The molecule has 0 saturated heterocycles. The van der Waals surface area contributed by atoms with Crippen molar-refractivity contribution in [3.8, 4) is 0 Å². The van der Waals surface area contributed by atoms with E-state index >= 15 is 0 Å². The molecule has 0 aliphatic rings. The third kappa shape index (κ3) is 3.65. The van der Waals surface area contributed by atoms with Crippen molar-refractivity contribution < 1.29 is 8.42 Å². The van der Waals surface area contributed by atoms with Crippen LogP contribution in [0.4, 0.5) is 0 Å². The van der Waals surface area contributed by atoms with Gasteiger partial charge in [-0.1, -0.05) is 20.8 Å². The van der Waals surface area contributed by atoms with E-state index in [2.05, 4.69) is 30.5 Å². The second-order valence-electron chi connectivity index (χ2n) is 7.09. The Kier molecular flexibility index (Phi) is 4.38. The summed E-state index contributed by atoms with van der Waals surface area (Å²) in [5.41, 5.74) is 5.69. The molecule has 3 N–H and O–H groups in total. The summed E-state index contributed by atoms with van der Waals surface area (Å²) in [7, 11) is -3.60. The molecule has 0 unspecified atom stereocenters. The van der Waals surface area contributed by atoms with Crippen LogP contribution in [0.2, 0.25) is 0 Å². The topological polar surface area (TPSA) is 85.1 Å². The van der Waals surface area contributed by atoms with Gasteiger partial charge < -0.3 is 5.73 Å². The van der Waals surface area contributed by atoms with Crippen molar-refractivity contribution in [2.24, 2.45) is 5.73 Å². The van der Waals surface area contributed by atoms with Gasteiger partial charge in [-0.05, 0) is 32.0 Å². The number of aromatic nitrogens is 1. The molecule has 1 aromatic heterocycles. The highest BCUT2D eigenvalue weighted by molar-refractivity contribution is 7.89. The Morgan fingerprint density at radius 2 is 1.86 bits per heavy atom. The van der Waals surface area contributed by atoms with Gasteiger partial charge in [0.2, 0.25) is 10.0 Å². The molecule has 2 aromatic rings. The number of fused-ring (bicyclic) bond motifs is 1. The summed E-state index contributed by atoms with van der Waals surface area (Å²) in [5.74, 6) is 0. The van der Waals surface area contributed by atoms with Crippen molar-refractivity contribution in [2.45, 2.75) is 50.5 Å². The van der Waals surface area contributed by atoms with E-state index in [1.54, 1.807) is 32.0 Å². The molecule has 2 rings (SSSR count). The lowest BCUT2D eigenvalue weighted by Gasteiger charge is -2.23. The van der Waals surface area contributed by atoms with Crippen LogP contribution in [-0.4, -0.2) is 25.5 Å². The molecular weight excluding hydrogens is 318 g/mol. The Morgan fingerprint density at radius 1 is 1.23 bits per heavy atom. The minimum atomic E-state index is -3.60. The molecule has 0 saturated carbocycles. The van der Waals surface area contributed by atoms with Crippen LogP contribution in [0.1, 0.15) is 39.6 Å². The zero-order chi connectivity index (χ0) is 16.8. The van der Waals surface area contributed by atoms with E-state index in [9.17, 15) is 8.42 Å². The molecule has 0 radical (unpaired) electrons. The molecule has 0 fully saturated rings. The second kappa shape index (κ2) is 5.56. The van der Waals surface area contributed by atoms with Crippen molar-refractivity contribution in [1.82, 2.24) is 9.71 Å². The van der Waals surface area contributed by atoms with E-state index in [1.807, 2.05) is 0 Å². The van der Waals surface area contributed by atoms with Gasteiger partial charge in [0.05, 0.1) is 20.1 Å². The maximum atomic E-state index is 12.5. The minimum absolute atomic E-state index is 0.0531. The average Bonchev–Trinajstić information content (AvgIpc) is 2.80. The number of hydrogen-bond acceptors (Lipinski definition) is 5. The first-order valence-electron chi connectivity index (χ1n) is 7.10. The lowest BCUT2D eigenvalue weighted by Crippen LogP contribution is -2.48. The summed E-state index contributed by atoms with van der Waals surface area (Å²) in [6, 6.07) is 5.02. The molecule has 1 aromatic carbocycles. The van der Waals surface area contributed by atoms with Crippen LogP contribution in [0.3, 0.4) is 0 Å². The molecule has 1 heterocycles. The average molecular weight is 342 g/mol. The van der Waals surface area contributed by atoms with Crippen molar-refractivity contribution >= 4 is 31.6 Å². The van der Waals surface area contributed by atoms with E-state index in [-0.39, 0.29) is 16.9 Å². The Bertz CT molecular complexity index is 787. The van der Waals surface area contributed by atoms with Crippen molar-refractivity contribution in [3.63, 3.8) is 0 Å². The summed E-state index contributed by atoms with van der Waals surface area (Å²) in [6.45, 7) is 10.0. The van der Waals surface area contributed by atoms with Gasteiger partial charge in [0.1, 0.15) is 0 Å². The maximum absolute atomic E-state index is 12.5. The van der Waals surface area contributed by atoms with Crippen LogP contribution in [0.5, 0.6) is 0 Å². The van der Waals surface area contributed by atoms with Crippen LogP contribution in [0.25, 0.3) is 10.2 Å². The van der Waals surface area contributed by atoms with Gasteiger partial charge in [-0.2, -0.15) is 0 Å². The number of hydrogen-bond donors (Lipinski definition) is 2. The van der Waals surface area contributed by atoms with Gasteiger partial charge in [0, 0.05) is 17.5 Å². The molecular formula is C15H23N3O2S2. The summed E-state index contributed by atoms with van der Waals surface area (Å²) < 4.78 is 28.4. The number of thiazole rings is 1. The molecule has 0 amide bonds. The van der Waals surface area contributed by atoms with Crippen LogP contribution in [0.15, 0.2) is 23.1 Å². The Morgan fingerprint density at radius 3 is 2.41 bits per heavy atom. The molecule has 122 valence electrons. The van der Waals surface area contributed by atoms with E-state index < -0.39 is 15.6 Å². The van der Waals surface area contributed by atoms with Crippen LogP contribution in [0, 0.1) is 0 Å². The second-order valence-corrected chi connectivity index (χ2v) is 9.81. The number of nitrogens with two attached hydrogens (primary N) is 1. The Hall–Kier alpha value is -1.02. The molecule has 0 bridgehead atoms.